The number of hydrogen-bond donors (Lipinski definition) is 1. The lowest BCUT2D eigenvalue weighted by molar-refractivity contribution is -0.146. The van der Waals surface area contributed by atoms with Gasteiger partial charge in [0.15, 0.2) is 18.2 Å². The van der Waals surface area contributed by atoms with E-state index in [0.717, 1.165) is 6.07 Å². The second kappa shape index (κ2) is 8.05. The van der Waals surface area contributed by atoms with E-state index in [1.165, 1.54) is 37.4 Å². The molecule has 0 saturated carbocycles. The number of esters is 1. The van der Waals surface area contributed by atoms with Crippen LogP contribution < -0.4 is 10.1 Å². The van der Waals surface area contributed by atoms with E-state index in [2.05, 4.69) is 5.32 Å². The summed E-state index contributed by atoms with van der Waals surface area (Å²) in [7, 11) is 1.33. The number of rotatable bonds is 6. The van der Waals surface area contributed by atoms with Crippen molar-refractivity contribution in [2.45, 2.75) is 6.42 Å². The lowest BCUT2D eigenvalue weighted by atomic mass is 10.1. The fraction of sp³-hybridized carbons (Fsp3) is 0.176. The second-order valence-corrected chi connectivity index (χ2v) is 4.86. The quantitative estimate of drug-likeness (QED) is 0.825. The zero-order valence-electron chi connectivity index (χ0n) is 12.8. The van der Waals surface area contributed by atoms with Crippen LogP contribution in [0, 0.1) is 11.6 Å². The van der Waals surface area contributed by atoms with E-state index in [-0.39, 0.29) is 17.9 Å². The van der Waals surface area contributed by atoms with Crippen molar-refractivity contribution in [3.8, 4) is 5.75 Å². The van der Waals surface area contributed by atoms with Crippen LogP contribution in [0.3, 0.4) is 0 Å². The molecule has 5 nitrogen and oxygen atoms in total. The molecule has 0 unspecified atom stereocenters. The largest absolute Gasteiger partial charge is 0.494 e. The summed E-state index contributed by atoms with van der Waals surface area (Å²) in [4.78, 5) is 23.3. The van der Waals surface area contributed by atoms with Gasteiger partial charge in [0.25, 0.3) is 5.91 Å². The van der Waals surface area contributed by atoms with Crippen molar-refractivity contribution in [2.24, 2.45) is 0 Å². The first-order valence-electron chi connectivity index (χ1n) is 7.01. The number of halogens is 2. The van der Waals surface area contributed by atoms with Gasteiger partial charge in [-0.15, -0.1) is 0 Å². The zero-order chi connectivity index (χ0) is 17.5. The highest BCUT2D eigenvalue weighted by Gasteiger charge is 2.11. The van der Waals surface area contributed by atoms with Crippen molar-refractivity contribution in [3.05, 3.63) is 59.7 Å². The Labute approximate surface area is 137 Å². The summed E-state index contributed by atoms with van der Waals surface area (Å²) in [5.41, 5.74) is 0.650. The Bertz CT molecular complexity index is 749. The molecule has 0 aliphatic heterocycles. The molecule has 0 heterocycles. The summed E-state index contributed by atoms with van der Waals surface area (Å²) < 4.78 is 36.1. The summed E-state index contributed by atoms with van der Waals surface area (Å²) in [6.07, 6.45) is -0.151. The Hall–Kier alpha value is -2.96. The third-order valence-corrected chi connectivity index (χ3v) is 3.04. The van der Waals surface area contributed by atoms with Gasteiger partial charge in [-0.2, -0.15) is 0 Å². The fourth-order valence-corrected chi connectivity index (χ4v) is 1.95. The van der Waals surface area contributed by atoms with Crippen LogP contribution in [0.1, 0.15) is 5.56 Å². The van der Waals surface area contributed by atoms with Gasteiger partial charge in [0.05, 0.1) is 13.5 Å². The number of anilines is 1. The Balaban J connectivity index is 1.82. The lowest BCUT2D eigenvalue weighted by Crippen LogP contribution is -2.21. The molecule has 2 aromatic carbocycles. The van der Waals surface area contributed by atoms with Gasteiger partial charge in [-0.25, -0.2) is 8.78 Å². The van der Waals surface area contributed by atoms with Crippen LogP contribution in [-0.2, 0) is 20.7 Å². The van der Waals surface area contributed by atoms with Crippen molar-refractivity contribution >= 4 is 17.6 Å². The Morgan fingerprint density at radius 3 is 2.58 bits per heavy atom. The molecular formula is C17H15F2NO4. The number of carbonyl (C=O) groups excluding carboxylic acids is 2. The number of amides is 1. The van der Waals surface area contributed by atoms with Crippen LogP contribution in [-0.4, -0.2) is 25.6 Å². The molecule has 126 valence electrons. The van der Waals surface area contributed by atoms with Gasteiger partial charge >= 0.3 is 5.97 Å². The molecule has 0 saturated heterocycles. The van der Waals surface area contributed by atoms with Gasteiger partial charge in [0.2, 0.25) is 0 Å². The number of carbonyl (C=O) groups is 2. The van der Waals surface area contributed by atoms with E-state index in [1.807, 2.05) is 0 Å². The standard InChI is InChI=1S/C17H15F2NO4/c1-23-15-6-5-13(9-14(15)19)20-16(21)10-24-17(22)8-11-3-2-4-12(18)7-11/h2-7,9H,8,10H2,1H3,(H,20,21). The first-order chi connectivity index (χ1) is 11.5. The highest BCUT2D eigenvalue weighted by molar-refractivity contribution is 5.92. The average molecular weight is 335 g/mol. The monoisotopic (exact) mass is 335 g/mol. The van der Waals surface area contributed by atoms with Gasteiger partial charge in [-0.3, -0.25) is 9.59 Å². The summed E-state index contributed by atoms with van der Waals surface area (Å²) in [6, 6.07) is 9.42. The first-order valence-corrected chi connectivity index (χ1v) is 7.01. The molecular weight excluding hydrogens is 320 g/mol. The molecule has 0 spiro atoms. The summed E-state index contributed by atoms with van der Waals surface area (Å²) >= 11 is 0. The predicted octanol–water partition coefficient (Wildman–Crippen LogP) is 2.70. The van der Waals surface area contributed by atoms with E-state index in [1.54, 1.807) is 6.07 Å². The molecule has 2 aromatic rings. The maximum atomic E-state index is 13.5. The van der Waals surface area contributed by atoms with Crippen molar-refractivity contribution in [1.82, 2.24) is 0 Å². The smallest absolute Gasteiger partial charge is 0.310 e. The lowest BCUT2D eigenvalue weighted by Gasteiger charge is -2.08. The molecule has 0 aliphatic rings. The third kappa shape index (κ3) is 5.05. The summed E-state index contributed by atoms with van der Waals surface area (Å²) in [6.45, 7) is -0.526. The van der Waals surface area contributed by atoms with Crippen LogP contribution in [0.25, 0.3) is 0 Å². The van der Waals surface area contributed by atoms with Gasteiger partial charge in [-0.05, 0) is 29.8 Å². The third-order valence-electron chi connectivity index (χ3n) is 3.04. The molecule has 0 aromatic heterocycles. The van der Waals surface area contributed by atoms with E-state index < -0.39 is 30.1 Å². The molecule has 24 heavy (non-hydrogen) atoms. The van der Waals surface area contributed by atoms with Gasteiger partial charge < -0.3 is 14.8 Å². The SMILES string of the molecule is COc1ccc(NC(=O)COC(=O)Cc2cccc(F)c2)cc1F. The normalized spacial score (nSPS) is 10.1. The minimum atomic E-state index is -0.670. The molecule has 0 fully saturated rings. The molecule has 1 N–H and O–H groups in total. The fourth-order valence-electron chi connectivity index (χ4n) is 1.95. The number of hydrogen-bond acceptors (Lipinski definition) is 4. The molecule has 0 aliphatic carbocycles. The number of nitrogens with one attached hydrogen (secondary N) is 1. The molecule has 7 heteroatoms. The van der Waals surface area contributed by atoms with E-state index in [4.69, 9.17) is 9.47 Å². The first kappa shape index (κ1) is 17.4. The highest BCUT2D eigenvalue weighted by atomic mass is 19.1. The van der Waals surface area contributed by atoms with Gasteiger partial charge in [0.1, 0.15) is 5.82 Å². The van der Waals surface area contributed by atoms with E-state index in [9.17, 15) is 18.4 Å². The zero-order valence-corrected chi connectivity index (χ0v) is 12.8. The topological polar surface area (TPSA) is 64.6 Å². The van der Waals surface area contributed by atoms with E-state index >= 15 is 0 Å². The van der Waals surface area contributed by atoms with Crippen molar-refractivity contribution < 1.29 is 27.8 Å². The number of ether oxygens (including phenoxy) is 2. The van der Waals surface area contributed by atoms with Gasteiger partial charge in [-0.1, -0.05) is 12.1 Å². The maximum absolute atomic E-state index is 13.5. The number of methoxy groups -OCH3 is 1. The average Bonchev–Trinajstić information content (AvgIpc) is 2.53. The van der Waals surface area contributed by atoms with Crippen molar-refractivity contribution in [3.63, 3.8) is 0 Å². The molecule has 1 amide bonds. The highest BCUT2D eigenvalue weighted by Crippen LogP contribution is 2.20. The molecule has 0 bridgehead atoms. The Morgan fingerprint density at radius 1 is 1.12 bits per heavy atom. The molecule has 0 atom stereocenters. The number of benzene rings is 2. The van der Waals surface area contributed by atoms with Crippen LogP contribution in [0.5, 0.6) is 5.75 Å². The van der Waals surface area contributed by atoms with E-state index in [0.29, 0.717) is 5.56 Å². The maximum Gasteiger partial charge on any atom is 0.310 e. The molecule has 2 rings (SSSR count). The van der Waals surface area contributed by atoms with Crippen molar-refractivity contribution in [1.29, 1.82) is 0 Å². The molecule has 0 radical (unpaired) electrons. The van der Waals surface area contributed by atoms with Crippen LogP contribution >= 0.6 is 0 Å². The Morgan fingerprint density at radius 2 is 1.92 bits per heavy atom. The predicted molar refractivity (Wildman–Crippen MR) is 82.6 cm³/mol. The van der Waals surface area contributed by atoms with Crippen LogP contribution in [0.2, 0.25) is 0 Å². The Kier molecular flexibility index (Phi) is 5.83. The summed E-state index contributed by atoms with van der Waals surface area (Å²) in [5, 5.41) is 2.39. The van der Waals surface area contributed by atoms with Crippen LogP contribution in [0.15, 0.2) is 42.5 Å². The summed E-state index contributed by atoms with van der Waals surface area (Å²) in [5.74, 6) is -2.32. The van der Waals surface area contributed by atoms with Gasteiger partial charge in [0, 0.05) is 11.8 Å². The van der Waals surface area contributed by atoms with Crippen LogP contribution in [0.4, 0.5) is 14.5 Å². The minimum absolute atomic E-state index is 0.0505. The minimum Gasteiger partial charge on any atom is -0.494 e. The van der Waals surface area contributed by atoms with Crippen molar-refractivity contribution in [2.75, 3.05) is 19.0 Å². The second-order valence-electron chi connectivity index (χ2n) is 4.86.